The number of nitrogens with one attached hydrogen (secondary N) is 1. The van der Waals surface area contributed by atoms with Gasteiger partial charge in [0.2, 0.25) is 5.91 Å². The third kappa shape index (κ3) is 5.09. The summed E-state index contributed by atoms with van der Waals surface area (Å²) < 4.78 is 20.5. The van der Waals surface area contributed by atoms with Crippen LogP contribution in [-0.2, 0) is 24.2 Å². The molecule has 1 N–H and O–H groups in total. The van der Waals surface area contributed by atoms with Crippen molar-refractivity contribution >= 4 is 16.9 Å². The SMILES string of the molecule is COc1ccc(CC(=O)NCCc2nc3ccccc3n2Cc2ccc(F)cc2)cc1. The van der Waals surface area contributed by atoms with Crippen LogP contribution in [0, 0.1) is 5.82 Å². The Balaban J connectivity index is 1.42. The van der Waals surface area contributed by atoms with Gasteiger partial charge >= 0.3 is 0 Å². The molecule has 6 heteroatoms. The Morgan fingerprint density at radius 3 is 2.45 bits per heavy atom. The topological polar surface area (TPSA) is 56.1 Å². The van der Waals surface area contributed by atoms with Crippen LogP contribution >= 0.6 is 0 Å². The van der Waals surface area contributed by atoms with Crippen molar-refractivity contribution in [2.24, 2.45) is 0 Å². The van der Waals surface area contributed by atoms with E-state index in [1.165, 1.54) is 12.1 Å². The summed E-state index contributed by atoms with van der Waals surface area (Å²) in [5, 5.41) is 2.98. The monoisotopic (exact) mass is 417 g/mol. The maximum atomic E-state index is 13.3. The van der Waals surface area contributed by atoms with E-state index in [-0.39, 0.29) is 11.7 Å². The van der Waals surface area contributed by atoms with Crippen molar-refractivity contribution in [3.8, 4) is 5.75 Å². The molecule has 4 rings (SSSR count). The lowest BCUT2D eigenvalue weighted by molar-refractivity contribution is -0.120. The number of methoxy groups -OCH3 is 1. The molecule has 0 atom stereocenters. The minimum atomic E-state index is -0.251. The second kappa shape index (κ2) is 9.43. The van der Waals surface area contributed by atoms with Gasteiger partial charge in [0.25, 0.3) is 0 Å². The second-order valence-corrected chi connectivity index (χ2v) is 7.35. The molecule has 1 amide bonds. The highest BCUT2D eigenvalue weighted by molar-refractivity contribution is 5.78. The highest BCUT2D eigenvalue weighted by atomic mass is 19.1. The zero-order chi connectivity index (χ0) is 21.6. The minimum Gasteiger partial charge on any atom is -0.497 e. The molecular weight excluding hydrogens is 393 g/mol. The molecule has 1 aromatic heterocycles. The van der Waals surface area contributed by atoms with E-state index >= 15 is 0 Å². The molecule has 31 heavy (non-hydrogen) atoms. The number of halogens is 1. The Labute approximate surface area is 180 Å². The lowest BCUT2D eigenvalue weighted by Crippen LogP contribution is -2.28. The minimum absolute atomic E-state index is 0.0358. The molecule has 0 radical (unpaired) electrons. The number of imidazole rings is 1. The third-order valence-electron chi connectivity index (χ3n) is 5.18. The molecule has 0 saturated heterocycles. The van der Waals surface area contributed by atoms with Crippen molar-refractivity contribution in [1.82, 2.24) is 14.9 Å². The van der Waals surface area contributed by atoms with Gasteiger partial charge < -0.3 is 14.6 Å². The molecule has 5 nitrogen and oxygen atoms in total. The van der Waals surface area contributed by atoms with Gasteiger partial charge in [0.1, 0.15) is 17.4 Å². The van der Waals surface area contributed by atoms with Gasteiger partial charge in [-0.05, 0) is 47.5 Å². The fourth-order valence-corrected chi connectivity index (χ4v) is 3.57. The lowest BCUT2D eigenvalue weighted by Gasteiger charge is -2.10. The zero-order valence-electron chi connectivity index (χ0n) is 17.3. The first-order valence-corrected chi connectivity index (χ1v) is 10.2. The number of para-hydroxylation sites is 2. The van der Waals surface area contributed by atoms with Gasteiger partial charge in [-0.2, -0.15) is 0 Å². The Bertz CT molecular complexity index is 1170. The number of hydrogen-bond acceptors (Lipinski definition) is 3. The smallest absolute Gasteiger partial charge is 0.224 e. The predicted molar refractivity (Wildman–Crippen MR) is 119 cm³/mol. The van der Waals surface area contributed by atoms with Crippen LogP contribution in [0.5, 0.6) is 5.75 Å². The van der Waals surface area contributed by atoms with Gasteiger partial charge in [-0.15, -0.1) is 0 Å². The Hall–Kier alpha value is -3.67. The number of fused-ring (bicyclic) bond motifs is 1. The average Bonchev–Trinajstić information content (AvgIpc) is 3.13. The summed E-state index contributed by atoms with van der Waals surface area (Å²) in [6.07, 6.45) is 0.917. The Kier molecular flexibility index (Phi) is 6.26. The molecule has 0 unspecified atom stereocenters. The fraction of sp³-hybridized carbons (Fsp3) is 0.200. The van der Waals surface area contributed by atoms with Crippen LogP contribution in [-0.4, -0.2) is 29.1 Å². The van der Waals surface area contributed by atoms with Crippen LogP contribution < -0.4 is 10.1 Å². The Morgan fingerprint density at radius 2 is 1.71 bits per heavy atom. The van der Waals surface area contributed by atoms with Gasteiger partial charge in [0.05, 0.1) is 24.6 Å². The molecule has 4 aromatic rings. The first kappa shape index (κ1) is 20.6. The molecule has 0 bridgehead atoms. The zero-order valence-corrected chi connectivity index (χ0v) is 17.3. The normalized spacial score (nSPS) is 10.9. The maximum Gasteiger partial charge on any atom is 0.224 e. The van der Waals surface area contributed by atoms with Gasteiger partial charge in [-0.25, -0.2) is 9.37 Å². The predicted octanol–water partition coefficient (Wildman–Crippen LogP) is 4.13. The average molecular weight is 417 g/mol. The summed E-state index contributed by atoms with van der Waals surface area (Å²) in [5.41, 5.74) is 3.85. The van der Waals surface area contributed by atoms with Gasteiger partial charge in [-0.1, -0.05) is 36.4 Å². The van der Waals surface area contributed by atoms with Crippen molar-refractivity contribution in [3.05, 3.63) is 95.6 Å². The first-order chi connectivity index (χ1) is 15.1. The third-order valence-corrected chi connectivity index (χ3v) is 5.18. The first-order valence-electron chi connectivity index (χ1n) is 10.2. The molecule has 0 aliphatic carbocycles. The van der Waals surface area contributed by atoms with E-state index in [0.717, 1.165) is 33.7 Å². The van der Waals surface area contributed by atoms with E-state index in [0.29, 0.717) is 25.9 Å². The van der Waals surface area contributed by atoms with E-state index in [1.54, 1.807) is 19.2 Å². The molecule has 158 valence electrons. The van der Waals surface area contributed by atoms with Crippen molar-refractivity contribution < 1.29 is 13.9 Å². The summed E-state index contributed by atoms with van der Waals surface area (Å²) >= 11 is 0. The molecule has 0 saturated carbocycles. The van der Waals surface area contributed by atoms with Crippen LogP contribution in [0.15, 0.2) is 72.8 Å². The van der Waals surface area contributed by atoms with E-state index in [1.807, 2.05) is 48.5 Å². The molecule has 0 aliphatic rings. The highest BCUT2D eigenvalue weighted by Gasteiger charge is 2.12. The summed E-state index contributed by atoms with van der Waals surface area (Å²) in [4.78, 5) is 17.1. The van der Waals surface area contributed by atoms with E-state index in [4.69, 9.17) is 9.72 Å². The molecule has 1 heterocycles. The molecule has 0 aliphatic heterocycles. The number of nitrogens with zero attached hydrogens (tertiary/aromatic N) is 2. The number of ether oxygens (including phenoxy) is 1. The Morgan fingerprint density at radius 1 is 1.00 bits per heavy atom. The summed E-state index contributed by atoms with van der Waals surface area (Å²) in [6, 6.07) is 21.9. The standard InChI is InChI=1S/C25H24FN3O2/c1-31-21-12-8-18(9-13-21)16-25(30)27-15-14-24-28-22-4-2-3-5-23(22)29(24)17-19-6-10-20(26)11-7-19/h2-13H,14-17H2,1H3,(H,27,30). The number of rotatable bonds is 8. The molecule has 0 fully saturated rings. The van der Waals surface area contributed by atoms with Crippen molar-refractivity contribution in [1.29, 1.82) is 0 Å². The fourth-order valence-electron chi connectivity index (χ4n) is 3.57. The van der Waals surface area contributed by atoms with E-state index in [2.05, 4.69) is 9.88 Å². The highest BCUT2D eigenvalue weighted by Crippen LogP contribution is 2.19. The number of aromatic nitrogens is 2. The van der Waals surface area contributed by atoms with Crippen molar-refractivity contribution in [2.75, 3.05) is 13.7 Å². The number of carbonyl (C=O) groups excluding carboxylic acids is 1. The lowest BCUT2D eigenvalue weighted by atomic mass is 10.1. The van der Waals surface area contributed by atoms with Crippen LogP contribution in [0.2, 0.25) is 0 Å². The van der Waals surface area contributed by atoms with Gasteiger partial charge in [0, 0.05) is 19.5 Å². The second-order valence-electron chi connectivity index (χ2n) is 7.35. The summed E-state index contributed by atoms with van der Waals surface area (Å²) in [6.45, 7) is 1.08. The number of hydrogen-bond donors (Lipinski definition) is 1. The van der Waals surface area contributed by atoms with Gasteiger partial charge in [0.15, 0.2) is 0 Å². The summed E-state index contributed by atoms with van der Waals surface area (Å²) in [5.74, 6) is 1.37. The van der Waals surface area contributed by atoms with Crippen LogP contribution in [0.4, 0.5) is 4.39 Å². The van der Waals surface area contributed by atoms with E-state index < -0.39 is 0 Å². The maximum absolute atomic E-state index is 13.3. The van der Waals surface area contributed by atoms with Crippen LogP contribution in [0.3, 0.4) is 0 Å². The molecular formula is C25H24FN3O2. The summed E-state index contributed by atoms with van der Waals surface area (Å²) in [7, 11) is 1.62. The van der Waals surface area contributed by atoms with Crippen molar-refractivity contribution in [2.45, 2.75) is 19.4 Å². The van der Waals surface area contributed by atoms with Crippen LogP contribution in [0.25, 0.3) is 11.0 Å². The van der Waals surface area contributed by atoms with Crippen LogP contribution in [0.1, 0.15) is 17.0 Å². The number of carbonyl (C=O) groups is 1. The largest absolute Gasteiger partial charge is 0.497 e. The van der Waals surface area contributed by atoms with Crippen molar-refractivity contribution in [3.63, 3.8) is 0 Å². The molecule has 0 spiro atoms. The van der Waals surface area contributed by atoms with E-state index in [9.17, 15) is 9.18 Å². The van der Waals surface area contributed by atoms with Gasteiger partial charge in [-0.3, -0.25) is 4.79 Å². The molecule has 3 aromatic carbocycles. The number of benzene rings is 3. The number of amides is 1. The quantitative estimate of drug-likeness (QED) is 0.469.